The zero-order valence-electron chi connectivity index (χ0n) is 16.5. The van der Waals surface area contributed by atoms with Crippen molar-refractivity contribution < 1.29 is 9.32 Å². The average molecular weight is 387 g/mol. The van der Waals surface area contributed by atoms with Crippen molar-refractivity contribution >= 4 is 11.6 Å². The van der Waals surface area contributed by atoms with Gasteiger partial charge in [-0.1, -0.05) is 35.5 Å². The van der Waals surface area contributed by atoms with Crippen LogP contribution in [0.15, 0.2) is 59.3 Å². The summed E-state index contributed by atoms with van der Waals surface area (Å²) in [5.74, 6) is 1.40. The molecule has 0 bridgehead atoms. The minimum atomic E-state index is -0.121. The summed E-state index contributed by atoms with van der Waals surface area (Å²) in [5.41, 5.74) is 4.42. The van der Waals surface area contributed by atoms with E-state index in [2.05, 4.69) is 20.4 Å². The predicted octanol–water partition coefficient (Wildman–Crippen LogP) is 4.16. The summed E-state index contributed by atoms with van der Waals surface area (Å²) in [7, 11) is 0. The first-order valence-corrected chi connectivity index (χ1v) is 9.30. The van der Waals surface area contributed by atoms with Crippen molar-refractivity contribution in [3.8, 4) is 23.0 Å². The van der Waals surface area contributed by atoms with E-state index in [-0.39, 0.29) is 12.5 Å². The summed E-state index contributed by atoms with van der Waals surface area (Å²) in [4.78, 5) is 21.4. The summed E-state index contributed by atoms with van der Waals surface area (Å²) < 4.78 is 7.12. The monoisotopic (exact) mass is 387 g/mol. The van der Waals surface area contributed by atoms with Crippen LogP contribution in [-0.2, 0) is 11.3 Å². The van der Waals surface area contributed by atoms with Gasteiger partial charge < -0.3 is 14.4 Å². The molecule has 7 heteroatoms. The summed E-state index contributed by atoms with van der Waals surface area (Å²) in [5, 5.41) is 6.99. The minimum Gasteiger partial charge on any atom is -0.334 e. The molecule has 0 radical (unpaired) electrons. The molecule has 2 aromatic carbocycles. The molecular formula is C22H21N5O2. The van der Waals surface area contributed by atoms with Crippen molar-refractivity contribution in [2.75, 3.05) is 5.32 Å². The smallest absolute Gasteiger partial charge is 0.258 e. The lowest BCUT2D eigenvalue weighted by Gasteiger charge is -2.11. The Morgan fingerprint density at radius 1 is 1.03 bits per heavy atom. The number of rotatable bonds is 5. The summed E-state index contributed by atoms with van der Waals surface area (Å²) in [6.45, 7) is 6.00. The van der Waals surface area contributed by atoms with Crippen LogP contribution in [0.25, 0.3) is 23.0 Å². The third-order valence-electron chi connectivity index (χ3n) is 4.84. The third-order valence-corrected chi connectivity index (χ3v) is 4.84. The van der Waals surface area contributed by atoms with Crippen LogP contribution in [0.1, 0.15) is 17.0 Å². The Morgan fingerprint density at radius 2 is 1.83 bits per heavy atom. The van der Waals surface area contributed by atoms with Gasteiger partial charge in [-0.05, 0) is 50.1 Å². The summed E-state index contributed by atoms with van der Waals surface area (Å²) in [6.07, 6.45) is 1.76. The molecule has 2 heterocycles. The molecule has 2 aromatic heterocycles. The van der Waals surface area contributed by atoms with Crippen LogP contribution in [-0.4, -0.2) is 25.6 Å². The molecule has 1 amide bonds. The van der Waals surface area contributed by atoms with Gasteiger partial charge in [-0.15, -0.1) is 0 Å². The highest BCUT2D eigenvalue weighted by molar-refractivity contribution is 5.91. The van der Waals surface area contributed by atoms with Gasteiger partial charge in [0.25, 0.3) is 5.89 Å². The van der Waals surface area contributed by atoms with Crippen LogP contribution in [0.4, 0.5) is 5.69 Å². The Kier molecular flexibility index (Phi) is 4.95. The van der Waals surface area contributed by atoms with Gasteiger partial charge in [-0.25, -0.2) is 4.98 Å². The number of amides is 1. The maximum absolute atomic E-state index is 12.5. The van der Waals surface area contributed by atoms with Crippen molar-refractivity contribution in [3.05, 3.63) is 71.7 Å². The highest BCUT2D eigenvalue weighted by atomic mass is 16.5. The molecule has 7 nitrogen and oxygen atoms in total. The molecule has 0 atom stereocenters. The Morgan fingerprint density at radius 3 is 2.62 bits per heavy atom. The predicted molar refractivity (Wildman–Crippen MR) is 110 cm³/mol. The summed E-state index contributed by atoms with van der Waals surface area (Å²) in [6, 6.07) is 15.4. The van der Waals surface area contributed by atoms with E-state index in [9.17, 15) is 4.79 Å². The average Bonchev–Trinajstić information content (AvgIpc) is 3.34. The highest BCUT2D eigenvalue weighted by Gasteiger charge is 2.16. The number of carbonyl (C=O) groups is 1. The quantitative estimate of drug-likeness (QED) is 0.556. The molecule has 0 aliphatic heterocycles. The maximum atomic E-state index is 12.5. The number of benzene rings is 2. The zero-order valence-corrected chi connectivity index (χ0v) is 16.5. The number of nitrogens with zero attached hydrogens (tertiary/aromatic N) is 4. The van der Waals surface area contributed by atoms with Crippen LogP contribution in [0.3, 0.4) is 0 Å². The Labute approximate surface area is 168 Å². The number of imidazole rings is 1. The first kappa shape index (κ1) is 18.6. The number of aryl methyl sites for hydroxylation is 2. The number of anilines is 1. The zero-order chi connectivity index (χ0) is 20.4. The molecule has 0 spiro atoms. The van der Waals surface area contributed by atoms with Gasteiger partial charge in [-0.3, -0.25) is 4.79 Å². The van der Waals surface area contributed by atoms with E-state index in [1.165, 1.54) is 0 Å². The van der Waals surface area contributed by atoms with Crippen LogP contribution in [0.2, 0.25) is 0 Å². The number of carbonyl (C=O) groups excluding carboxylic acids is 1. The van der Waals surface area contributed by atoms with E-state index in [0.29, 0.717) is 23.2 Å². The number of hydrogen-bond acceptors (Lipinski definition) is 5. The van der Waals surface area contributed by atoms with Crippen LogP contribution < -0.4 is 5.32 Å². The lowest BCUT2D eigenvalue weighted by atomic mass is 10.1. The van der Waals surface area contributed by atoms with Gasteiger partial charge in [0.1, 0.15) is 18.1 Å². The maximum Gasteiger partial charge on any atom is 0.258 e. The van der Waals surface area contributed by atoms with Gasteiger partial charge in [0.2, 0.25) is 11.7 Å². The molecule has 0 fully saturated rings. The van der Waals surface area contributed by atoms with E-state index >= 15 is 0 Å². The molecule has 4 rings (SSSR count). The SMILES string of the molecule is Cc1cccc(NC(=O)Cn2cc(-c3noc(-c4ccccc4)n3)nc2C)c1C. The van der Waals surface area contributed by atoms with Gasteiger partial charge in [0, 0.05) is 17.4 Å². The third kappa shape index (κ3) is 3.94. The van der Waals surface area contributed by atoms with Crippen LogP contribution >= 0.6 is 0 Å². The van der Waals surface area contributed by atoms with Crippen molar-refractivity contribution in [1.29, 1.82) is 0 Å². The molecular weight excluding hydrogens is 366 g/mol. The topological polar surface area (TPSA) is 85.8 Å². The largest absolute Gasteiger partial charge is 0.334 e. The number of nitrogens with one attached hydrogen (secondary N) is 1. The Balaban J connectivity index is 1.50. The van der Waals surface area contributed by atoms with Crippen molar-refractivity contribution in [2.24, 2.45) is 0 Å². The first-order valence-electron chi connectivity index (χ1n) is 9.30. The van der Waals surface area contributed by atoms with Crippen molar-refractivity contribution in [3.63, 3.8) is 0 Å². The van der Waals surface area contributed by atoms with Crippen molar-refractivity contribution in [2.45, 2.75) is 27.3 Å². The van der Waals surface area contributed by atoms with E-state index in [1.54, 1.807) is 10.8 Å². The van der Waals surface area contributed by atoms with E-state index in [1.807, 2.05) is 69.3 Å². The number of aromatic nitrogens is 4. The standard InChI is InChI=1S/C22H21N5O2/c1-14-8-7-11-18(15(14)2)24-20(28)13-27-12-19(23-16(27)3)21-25-22(29-26-21)17-9-5-4-6-10-17/h4-12H,13H2,1-3H3,(H,24,28). The second-order valence-electron chi connectivity index (χ2n) is 6.89. The molecule has 0 aliphatic rings. The van der Waals surface area contributed by atoms with Gasteiger partial charge in [-0.2, -0.15) is 4.98 Å². The minimum absolute atomic E-state index is 0.121. The van der Waals surface area contributed by atoms with E-state index in [4.69, 9.17) is 4.52 Å². The van der Waals surface area contributed by atoms with E-state index in [0.717, 1.165) is 22.4 Å². The van der Waals surface area contributed by atoms with Crippen LogP contribution in [0.5, 0.6) is 0 Å². The Bertz CT molecular complexity index is 1160. The van der Waals surface area contributed by atoms with Crippen molar-refractivity contribution in [1.82, 2.24) is 19.7 Å². The molecule has 146 valence electrons. The molecule has 4 aromatic rings. The Hall–Kier alpha value is -3.74. The lowest BCUT2D eigenvalue weighted by Crippen LogP contribution is -2.19. The molecule has 29 heavy (non-hydrogen) atoms. The molecule has 0 unspecified atom stereocenters. The summed E-state index contributed by atoms with van der Waals surface area (Å²) >= 11 is 0. The fraction of sp³-hybridized carbons (Fsp3) is 0.182. The normalized spacial score (nSPS) is 10.9. The molecule has 1 N–H and O–H groups in total. The van der Waals surface area contributed by atoms with Gasteiger partial charge >= 0.3 is 0 Å². The highest BCUT2D eigenvalue weighted by Crippen LogP contribution is 2.22. The first-order chi connectivity index (χ1) is 14.0. The fourth-order valence-electron chi connectivity index (χ4n) is 3.03. The van der Waals surface area contributed by atoms with Gasteiger partial charge in [0.05, 0.1) is 0 Å². The number of hydrogen-bond donors (Lipinski definition) is 1. The van der Waals surface area contributed by atoms with Gasteiger partial charge in [0.15, 0.2) is 0 Å². The second-order valence-corrected chi connectivity index (χ2v) is 6.89. The molecule has 0 saturated carbocycles. The lowest BCUT2D eigenvalue weighted by molar-refractivity contribution is -0.116. The molecule has 0 saturated heterocycles. The van der Waals surface area contributed by atoms with E-state index < -0.39 is 0 Å². The fourth-order valence-corrected chi connectivity index (χ4v) is 3.03. The van der Waals surface area contributed by atoms with Crippen LogP contribution in [0, 0.1) is 20.8 Å². The molecule has 0 aliphatic carbocycles. The second kappa shape index (κ2) is 7.71.